The van der Waals surface area contributed by atoms with Crippen molar-refractivity contribution in [3.05, 3.63) is 0 Å². The number of morpholine rings is 1. The summed E-state index contributed by atoms with van der Waals surface area (Å²) in [7, 11) is 4.17. The third-order valence-corrected chi connectivity index (χ3v) is 3.85. The molecule has 0 amide bonds. The Morgan fingerprint density at radius 2 is 2.05 bits per heavy atom. The van der Waals surface area contributed by atoms with Crippen LogP contribution in [-0.2, 0) is 14.2 Å². The van der Waals surface area contributed by atoms with E-state index in [-0.39, 0.29) is 6.10 Å². The maximum atomic E-state index is 9.37. The predicted molar refractivity (Wildman–Crippen MR) is 82.7 cm³/mol. The minimum atomic E-state index is -0.339. The summed E-state index contributed by atoms with van der Waals surface area (Å²) in [4.78, 5) is 4.47. The van der Waals surface area contributed by atoms with Crippen molar-refractivity contribution < 1.29 is 19.3 Å². The van der Waals surface area contributed by atoms with Crippen LogP contribution < -0.4 is 0 Å². The van der Waals surface area contributed by atoms with Gasteiger partial charge in [0.05, 0.1) is 51.8 Å². The number of aliphatic hydroxyl groups is 1. The molecule has 2 atom stereocenters. The highest BCUT2D eigenvalue weighted by Gasteiger charge is 2.19. The first kappa shape index (κ1) is 18.8. The lowest BCUT2D eigenvalue weighted by molar-refractivity contribution is -0.0345. The third-order valence-electron chi connectivity index (χ3n) is 3.85. The summed E-state index contributed by atoms with van der Waals surface area (Å²) >= 11 is 0. The minimum Gasteiger partial charge on any atom is -0.391 e. The summed E-state index contributed by atoms with van der Waals surface area (Å²) in [6.45, 7) is 8.77. The Labute approximate surface area is 128 Å². The molecule has 0 aromatic rings. The molecule has 1 N–H and O–H groups in total. The van der Waals surface area contributed by atoms with Crippen molar-refractivity contribution in [2.75, 3.05) is 73.4 Å². The number of hydrogen-bond donors (Lipinski definition) is 1. The van der Waals surface area contributed by atoms with Crippen molar-refractivity contribution in [3.63, 3.8) is 0 Å². The van der Waals surface area contributed by atoms with E-state index in [0.29, 0.717) is 19.3 Å². The maximum absolute atomic E-state index is 9.37. The lowest BCUT2D eigenvalue weighted by Gasteiger charge is -2.32. The minimum absolute atomic E-state index is 0.339. The average molecular weight is 304 g/mol. The molecule has 6 nitrogen and oxygen atoms in total. The molecule has 0 radical (unpaired) electrons. The van der Waals surface area contributed by atoms with Crippen LogP contribution >= 0.6 is 0 Å². The quantitative estimate of drug-likeness (QED) is 0.545. The van der Waals surface area contributed by atoms with Gasteiger partial charge in [-0.15, -0.1) is 0 Å². The summed E-state index contributed by atoms with van der Waals surface area (Å²) in [6, 6.07) is 0.378. The lowest BCUT2D eigenvalue weighted by Crippen LogP contribution is -2.45. The van der Waals surface area contributed by atoms with Gasteiger partial charge in [0.15, 0.2) is 0 Å². The van der Waals surface area contributed by atoms with Gasteiger partial charge in [-0.05, 0) is 20.5 Å². The van der Waals surface area contributed by atoms with Crippen LogP contribution in [0.3, 0.4) is 0 Å². The number of hydrogen-bond acceptors (Lipinski definition) is 6. The number of nitrogens with zero attached hydrogens (tertiary/aromatic N) is 2. The standard InChI is InChI=1S/C15H32N2O4/c1-4-15(18)13-21-9-6-16(2)5-8-19-11-14-12-20-10-7-17(14)3/h14-15,18H,4-13H2,1-3H3. The van der Waals surface area contributed by atoms with Gasteiger partial charge in [0.1, 0.15) is 0 Å². The molecule has 1 saturated heterocycles. The summed E-state index contributed by atoms with van der Waals surface area (Å²) in [5.41, 5.74) is 0. The van der Waals surface area contributed by atoms with Crippen LogP contribution in [0.15, 0.2) is 0 Å². The highest BCUT2D eigenvalue weighted by molar-refractivity contribution is 4.71. The van der Waals surface area contributed by atoms with Crippen molar-refractivity contribution in [3.8, 4) is 0 Å². The Morgan fingerprint density at radius 1 is 1.33 bits per heavy atom. The molecule has 6 heteroatoms. The highest BCUT2D eigenvalue weighted by Crippen LogP contribution is 2.04. The molecule has 126 valence electrons. The van der Waals surface area contributed by atoms with Crippen LogP contribution in [0.25, 0.3) is 0 Å². The van der Waals surface area contributed by atoms with E-state index in [2.05, 4.69) is 23.9 Å². The molecule has 0 bridgehead atoms. The predicted octanol–water partition coefficient (Wildman–Crippen LogP) is 0.0529. The Balaban J connectivity index is 1.94. The molecule has 1 aliphatic heterocycles. The topological polar surface area (TPSA) is 54.4 Å². The maximum Gasteiger partial charge on any atom is 0.0771 e. The first-order chi connectivity index (χ1) is 10.1. The molecule has 0 spiro atoms. The van der Waals surface area contributed by atoms with Crippen molar-refractivity contribution in [1.82, 2.24) is 9.80 Å². The first-order valence-electron chi connectivity index (χ1n) is 7.93. The largest absolute Gasteiger partial charge is 0.391 e. The van der Waals surface area contributed by atoms with Gasteiger partial charge < -0.3 is 24.2 Å². The van der Waals surface area contributed by atoms with E-state index in [1.807, 2.05) is 6.92 Å². The monoisotopic (exact) mass is 304 g/mol. The SMILES string of the molecule is CCC(O)COCCN(C)CCOCC1COCCN1C. The van der Waals surface area contributed by atoms with Gasteiger partial charge >= 0.3 is 0 Å². The second-order valence-corrected chi connectivity index (χ2v) is 5.72. The zero-order valence-corrected chi connectivity index (χ0v) is 13.8. The third kappa shape index (κ3) is 8.70. The molecular weight excluding hydrogens is 272 g/mol. The number of likely N-dealkylation sites (N-methyl/N-ethyl adjacent to an activating group) is 2. The van der Waals surface area contributed by atoms with E-state index < -0.39 is 0 Å². The van der Waals surface area contributed by atoms with E-state index in [0.717, 1.165) is 52.5 Å². The second-order valence-electron chi connectivity index (χ2n) is 5.72. The van der Waals surface area contributed by atoms with Gasteiger partial charge in [-0.25, -0.2) is 0 Å². The van der Waals surface area contributed by atoms with E-state index >= 15 is 0 Å². The molecule has 1 fully saturated rings. The van der Waals surface area contributed by atoms with Crippen LogP contribution in [-0.4, -0.2) is 100 Å². The summed E-state index contributed by atoms with van der Waals surface area (Å²) in [5, 5.41) is 9.37. The van der Waals surface area contributed by atoms with Crippen LogP contribution in [0.5, 0.6) is 0 Å². The molecule has 2 unspecified atom stereocenters. The molecule has 0 aromatic carbocycles. The Kier molecular flexibility index (Phi) is 10.2. The van der Waals surface area contributed by atoms with Crippen LogP contribution in [0, 0.1) is 0 Å². The molecule has 1 aliphatic rings. The first-order valence-corrected chi connectivity index (χ1v) is 7.93. The summed E-state index contributed by atoms with van der Waals surface area (Å²) in [6.07, 6.45) is 0.400. The van der Waals surface area contributed by atoms with Crippen LogP contribution in [0.2, 0.25) is 0 Å². The number of aliphatic hydroxyl groups excluding tert-OH is 1. The molecular formula is C15H32N2O4. The van der Waals surface area contributed by atoms with Gasteiger partial charge in [0.25, 0.3) is 0 Å². The van der Waals surface area contributed by atoms with Crippen molar-refractivity contribution in [1.29, 1.82) is 0 Å². The van der Waals surface area contributed by atoms with Gasteiger partial charge in [0.2, 0.25) is 0 Å². The number of rotatable bonds is 11. The smallest absolute Gasteiger partial charge is 0.0771 e. The fourth-order valence-electron chi connectivity index (χ4n) is 2.02. The molecule has 1 rings (SSSR count). The summed E-state index contributed by atoms with van der Waals surface area (Å²) in [5.74, 6) is 0. The summed E-state index contributed by atoms with van der Waals surface area (Å²) < 4.78 is 16.6. The van der Waals surface area contributed by atoms with E-state index in [1.165, 1.54) is 0 Å². The van der Waals surface area contributed by atoms with Crippen molar-refractivity contribution >= 4 is 0 Å². The van der Waals surface area contributed by atoms with Crippen molar-refractivity contribution in [2.45, 2.75) is 25.5 Å². The van der Waals surface area contributed by atoms with E-state index in [9.17, 15) is 5.11 Å². The number of ether oxygens (including phenoxy) is 3. The average Bonchev–Trinajstić information content (AvgIpc) is 2.49. The van der Waals surface area contributed by atoms with Crippen LogP contribution in [0.1, 0.15) is 13.3 Å². The zero-order chi connectivity index (χ0) is 15.5. The van der Waals surface area contributed by atoms with Crippen LogP contribution in [0.4, 0.5) is 0 Å². The second kappa shape index (κ2) is 11.3. The molecule has 0 aliphatic carbocycles. The van der Waals surface area contributed by atoms with E-state index in [4.69, 9.17) is 14.2 Å². The normalized spacial score (nSPS) is 21.9. The van der Waals surface area contributed by atoms with Gasteiger partial charge in [-0.2, -0.15) is 0 Å². The Morgan fingerprint density at radius 3 is 2.71 bits per heavy atom. The fourth-order valence-corrected chi connectivity index (χ4v) is 2.02. The molecule has 0 saturated carbocycles. The Bertz CT molecular complexity index is 256. The molecule has 1 heterocycles. The fraction of sp³-hybridized carbons (Fsp3) is 1.00. The van der Waals surface area contributed by atoms with Gasteiger partial charge in [0, 0.05) is 19.6 Å². The molecule has 21 heavy (non-hydrogen) atoms. The van der Waals surface area contributed by atoms with Crippen molar-refractivity contribution in [2.24, 2.45) is 0 Å². The Hall–Kier alpha value is -0.240. The lowest BCUT2D eigenvalue weighted by atomic mass is 10.2. The zero-order valence-electron chi connectivity index (χ0n) is 13.8. The van der Waals surface area contributed by atoms with Gasteiger partial charge in [-0.3, -0.25) is 4.90 Å². The highest BCUT2D eigenvalue weighted by atomic mass is 16.5. The molecule has 0 aromatic heterocycles. The van der Waals surface area contributed by atoms with Gasteiger partial charge in [-0.1, -0.05) is 6.92 Å². The van der Waals surface area contributed by atoms with E-state index in [1.54, 1.807) is 0 Å².